The Morgan fingerprint density at radius 3 is 2.52 bits per heavy atom. The fourth-order valence-electron chi connectivity index (χ4n) is 8.69. The SMILES string of the molecule is CC12CC3CC(C)(C1)CC(CNc1ncnc4c1CCN(Cc1ccccc1)C4)(C3)C2. The van der Waals surface area contributed by atoms with E-state index in [0.29, 0.717) is 16.2 Å². The Kier molecular flexibility index (Phi) is 4.47. The van der Waals surface area contributed by atoms with Crippen LogP contribution in [0.15, 0.2) is 36.7 Å². The first-order valence-electron chi connectivity index (χ1n) is 12.2. The van der Waals surface area contributed by atoms with Crippen LogP contribution < -0.4 is 5.32 Å². The maximum atomic E-state index is 4.71. The highest BCUT2D eigenvalue weighted by Crippen LogP contribution is 2.69. The molecule has 2 atom stereocenters. The Hall–Kier alpha value is -1.94. The van der Waals surface area contributed by atoms with E-state index in [9.17, 15) is 0 Å². The molecule has 0 amide bonds. The monoisotopic (exact) mass is 416 g/mol. The Morgan fingerprint density at radius 1 is 1.00 bits per heavy atom. The molecule has 4 bridgehead atoms. The number of benzene rings is 1. The van der Waals surface area contributed by atoms with Crippen molar-refractivity contribution in [2.45, 2.75) is 71.9 Å². The molecular formula is C27H36N4. The van der Waals surface area contributed by atoms with Gasteiger partial charge in [-0.25, -0.2) is 9.97 Å². The van der Waals surface area contributed by atoms with Gasteiger partial charge in [0.05, 0.1) is 5.69 Å². The molecule has 4 aliphatic carbocycles. The summed E-state index contributed by atoms with van der Waals surface area (Å²) in [7, 11) is 0. The zero-order valence-electron chi connectivity index (χ0n) is 19.2. The average molecular weight is 417 g/mol. The van der Waals surface area contributed by atoms with Crippen LogP contribution in [0.2, 0.25) is 0 Å². The zero-order valence-corrected chi connectivity index (χ0v) is 19.2. The summed E-state index contributed by atoms with van der Waals surface area (Å²) in [6.45, 7) is 9.22. The van der Waals surface area contributed by atoms with E-state index in [4.69, 9.17) is 4.98 Å². The van der Waals surface area contributed by atoms with Gasteiger partial charge in [-0.1, -0.05) is 44.2 Å². The van der Waals surface area contributed by atoms with Crippen LogP contribution in [-0.4, -0.2) is 28.0 Å². The van der Waals surface area contributed by atoms with Crippen molar-refractivity contribution in [3.05, 3.63) is 53.5 Å². The van der Waals surface area contributed by atoms with Crippen molar-refractivity contribution in [2.24, 2.45) is 22.2 Å². The van der Waals surface area contributed by atoms with Gasteiger partial charge in [0.15, 0.2) is 0 Å². The van der Waals surface area contributed by atoms with Crippen molar-refractivity contribution in [2.75, 3.05) is 18.4 Å². The van der Waals surface area contributed by atoms with E-state index in [0.717, 1.165) is 44.3 Å². The Balaban J connectivity index is 1.17. The van der Waals surface area contributed by atoms with Crippen molar-refractivity contribution in [3.8, 4) is 0 Å². The van der Waals surface area contributed by atoms with Gasteiger partial charge in [-0.15, -0.1) is 0 Å². The fraction of sp³-hybridized carbons (Fsp3) is 0.630. The molecule has 1 N–H and O–H groups in total. The van der Waals surface area contributed by atoms with Crippen molar-refractivity contribution in [1.29, 1.82) is 0 Å². The maximum Gasteiger partial charge on any atom is 0.132 e. The first kappa shape index (κ1) is 19.7. The van der Waals surface area contributed by atoms with Crippen LogP contribution in [0.1, 0.15) is 69.2 Å². The van der Waals surface area contributed by atoms with Gasteiger partial charge in [-0.3, -0.25) is 4.90 Å². The molecule has 164 valence electrons. The number of hydrogen-bond donors (Lipinski definition) is 1. The molecule has 1 aromatic carbocycles. The molecule has 0 radical (unpaired) electrons. The third-order valence-corrected chi connectivity index (χ3v) is 8.71. The number of nitrogens with zero attached hydrogens (tertiary/aromatic N) is 3. The smallest absolute Gasteiger partial charge is 0.132 e. The Labute approximate surface area is 186 Å². The fourth-order valence-corrected chi connectivity index (χ4v) is 8.69. The van der Waals surface area contributed by atoms with E-state index < -0.39 is 0 Å². The zero-order chi connectivity index (χ0) is 21.1. The quantitative estimate of drug-likeness (QED) is 0.704. The number of nitrogens with one attached hydrogen (secondary N) is 1. The molecule has 2 aromatic rings. The Morgan fingerprint density at radius 2 is 1.77 bits per heavy atom. The van der Waals surface area contributed by atoms with Crippen molar-refractivity contribution < 1.29 is 0 Å². The van der Waals surface area contributed by atoms with Crippen LogP contribution in [0.3, 0.4) is 0 Å². The summed E-state index contributed by atoms with van der Waals surface area (Å²) in [4.78, 5) is 11.9. The molecule has 4 heteroatoms. The third kappa shape index (κ3) is 3.67. The Bertz CT molecular complexity index is 952. The van der Waals surface area contributed by atoms with Gasteiger partial charge in [0.25, 0.3) is 0 Å². The molecule has 1 aliphatic heterocycles. The van der Waals surface area contributed by atoms with Crippen molar-refractivity contribution in [3.63, 3.8) is 0 Å². The second-order valence-electron chi connectivity index (χ2n) is 12.1. The van der Waals surface area contributed by atoms with Crippen LogP contribution in [0.5, 0.6) is 0 Å². The first-order valence-corrected chi connectivity index (χ1v) is 12.2. The molecule has 4 fully saturated rings. The summed E-state index contributed by atoms with van der Waals surface area (Å²) in [5, 5.41) is 3.86. The molecule has 0 saturated heterocycles. The van der Waals surface area contributed by atoms with Crippen LogP contribution in [-0.2, 0) is 19.5 Å². The molecule has 4 saturated carbocycles. The largest absolute Gasteiger partial charge is 0.369 e. The van der Waals surface area contributed by atoms with E-state index in [1.165, 1.54) is 55.3 Å². The van der Waals surface area contributed by atoms with Crippen LogP contribution >= 0.6 is 0 Å². The van der Waals surface area contributed by atoms with Crippen molar-refractivity contribution >= 4 is 5.82 Å². The minimum absolute atomic E-state index is 0.467. The standard InChI is InChI=1S/C27H36N4/c1-25-10-21-11-26(2,15-25)17-27(12-21,16-25)18-28-24-22-8-9-31(14-23(22)29-19-30-24)13-20-6-4-3-5-7-20/h3-7,19,21H,8-18H2,1-2H3,(H,28,29,30). The second kappa shape index (κ2) is 7.03. The maximum absolute atomic E-state index is 4.71. The summed E-state index contributed by atoms with van der Waals surface area (Å²) in [5.41, 5.74) is 5.55. The van der Waals surface area contributed by atoms with Gasteiger partial charge in [-0.05, 0) is 72.7 Å². The first-order chi connectivity index (χ1) is 14.9. The van der Waals surface area contributed by atoms with Gasteiger partial charge < -0.3 is 5.32 Å². The van der Waals surface area contributed by atoms with Crippen molar-refractivity contribution in [1.82, 2.24) is 14.9 Å². The van der Waals surface area contributed by atoms with Crippen LogP contribution in [0.4, 0.5) is 5.82 Å². The van der Waals surface area contributed by atoms with E-state index >= 15 is 0 Å². The van der Waals surface area contributed by atoms with E-state index in [-0.39, 0.29) is 0 Å². The van der Waals surface area contributed by atoms with Crippen LogP contribution in [0.25, 0.3) is 0 Å². The summed E-state index contributed by atoms with van der Waals surface area (Å²) in [6.07, 6.45) is 11.4. The normalized spacial score (nSPS) is 36.4. The number of hydrogen-bond acceptors (Lipinski definition) is 4. The number of fused-ring (bicyclic) bond motifs is 1. The molecule has 4 nitrogen and oxygen atoms in total. The molecule has 7 rings (SSSR count). The van der Waals surface area contributed by atoms with E-state index in [1.807, 2.05) is 0 Å². The van der Waals surface area contributed by atoms with Crippen LogP contribution in [0, 0.1) is 22.2 Å². The third-order valence-electron chi connectivity index (χ3n) is 8.71. The summed E-state index contributed by atoms with van der Waals surface area (Å²) in [6, 6.07) is 10.8. The highest BCUT2D eigenvalue weighted by Gasteiger charge is 2.59. The van der Waals surface area contributed by atoms with E-state index in [1.54, 1.807) is 6.33 Å². The van der Waals surface area contributed by atoms with Gasteiger partial charge in [-0.2, -0.15) is 0 Å². The minimum atomic E-state index is 0.467. The molecule has 2 unspecified atom stereocenters. The molecule has 2 heterocycles. The predicted octanol–water partition coefficient (Wildman–Crippen LogP) is 5.44. The number of rotatable bonds is 5. The summed E-state index contributed by atoms with van der Waals surface area (Å²) in [5.74, 6) is 2.05. The minimum Gasteiger partial charge on any atom is -0.369 e. The van der Waals surface area contributed by atoms with Gasteiger partial charge in [0.1, 0.15) is 12.1 Å². The lowest BCUT2D eigenvalue weighted by Gasteiger charge is -2.65. The van der Waals surface area contributed by atoms with Gasteiger partial charge >= 0.3 is 0 Å². The molecular weight excluding hydrogens is 380 g/mol. The lowest BCUT2D eigenvalue weighted by Crippen LogP contribution is -2.57. The highest BCUT2D eigenvalue weighted by atomic mass is 15.1. The highest BCUT2D eigenvalue weighted by molar-refractivity contribution is 5.47. The predicted molar refractivity (Wildman–Crippen MR) is 125 cm³/mol. The average Bonchev–Trinajstić information content (AvgIpc) is 2.70. The second-order valence-corrected chi connectivity index (χ2v) is 12.1. The summed E-state index contributed by atoms with van der Waals surface area (Å²) < 4.78 is 0. The van der Waals surface area contributed by atoms with Gasteiger partial charge in [0.2, 0.25) is 0 Å². The molecule has 31 heavy (non-hydrogen) atoms. The molecule has 1 aromatic heterocycles. The molecule has 5 aliphatic rings. The number of aromatic nitrogens is 2. The molecule has 0 spiro atoms. The topological polar surface area (TPSA) is 41.1 Å². The van der Waals surface area contributed by atoms with Gasteiger partial charge in [0, 0.05) is 31.7 Å². The lowest BCUT2D eigenvalue weighted by atomic mass is 9.40. The van der Waals surface area contributed by atoms with E-state index in [2.05, 4.69) is 59.4 Å². The number of anilines is 1. The lowest BCUT2D eigenvalue weighted by molar-refractivity contribution is -0.138. The summed E-state index contributed by atoms with van der Waals surface area (Å²) >= 11 is 0.